The molecule has 3 N–H and O–H groups in total. The number of carbonyl (C=O) groups excluding carboxylic acids is 2. The Bertz CT molecular complexity index is 221. The van der Waals surface area contributed by atoms with Crippen molar-refractivity contribution in [1.82, 2.24) is 10.2 Å². The zero-order valence-corrected chi connectivity index (χ0v) is 9.99. The third kappa shape index (κ3) is 7.19. The number of nitrogens with two attached hydrogens (primary N) is 1. The predicted molar refractivity (Wildman–Crippen MR) is 60.8 cm³/mol. The van der Waals surface area contributed by atoms with Crippen LogP contribution in [0.4, 0.5) is 0 Å². The molecule has 0 aliphatic carbocycles. The summed E-state index contributed by atoms with van der Waals surface area (Å²) < 4.78 is 4.98. The number of likely N-dealkylation sites (N-methyl/N-ethyl adjacent to an activating group) is 1. The van der Waals surface area contributed by atoms with Gasteiger partial charge in [-0.15, -0.1) is 0 Å². The molecule has 0 saturated carbocycles. The average molecular weight is 231 g/mol. The zero-order chi connectivity index (χ0) is 12.4. The maximum absolute atomic E-state index is 11.4. The number of hydrogen-bond donors (Lipinski definition) is 2. The van der Waals surface area contributed by atoms with E-state index in [1.54, 1.807) is 7.05 Å². The van der Waals surface area contributed by atoms with Crippen molar-refractivity contribution < 1.29 is 14.3 Å². The lowest BCUT2D eigenvalue weighted by Crippen LogP contribution is -2.40. The van der Waals surface area contributed by atoms with Crippen molar-refractivity contribution in [2.45, 2.75) is 13.3 Å². The molecule has 6 nitrogen and oxygen atoms in total. The summed E-state index contributed by atoms with van der Waals surface area (Å²) >= 11 is 0. The van der Waals surface area contributed by atoms with Gasteiger partial charge < -0.3 is 20.7 Å². The van der Waals surface area contributed by atoms with E-state index in [0.717, 1.165) is 6.42 Å². The van der Waals surface area contributed by atoms with Gasteiger partial charge >= 0.3 is 0 Å². The maximum atomic E-state index is 11.4. The highest BCUT2D eigenvalue weighted by molar-refractivity contribution is 5.85. The third-order valence-corrected chi connectivity index (χ3v) is 1.87. The number of hydrogen-bond acceptors (Lipinski definition) is 4. The summed E-state index contributed by atoms with van der Waals surface area (Å²) in [4.78, 5) is 24.0. The molecule has 0 aromatic carbocycles. The lowest BCUT2D eigenvalue weighted by molar-refractivity contribution is -0.138. The number of nitrogens with one attached hydrogen (secondary N) is 1. The van der Waals surface area contributed by atoms with Crippen molar-refractivity contribution in [1.29, 1.82) is 0 Å². The normalized spacial score (nSPS) is 9.94. The summed E-state index contributed by atoms with van der Waals surface area (Å²) in [6.45, 7) is 3.36. The number of amides is 2. The molecule has 0 heterocycles. The van der Waals surface area contributed by atoms with Crippen molar-refractivity contribution >= 4 is 11.8 Å². The molecule has 2 amide bonds. The van der Waals surface area contributed by atoms with Crippen LogP contribution in [0.1, 0.15) is 13.3 Å². The van der Waals surface area contributed by atoms with E-state index in [0.29, 0.717) is 19.7 Å². The van der Waals surface area contributed by atoms with E-state index in [1.165, 1.54) is 4.90 Å². The molecule has 6 heteroatoms. The van der Waals surface area contributed by atoms with Crippen molar-refractivity contribution in [3.05, 3.63) is 0 Å². The minimum atomic E-state index is -0.222. The van der Waals surface area contributed by atoms with Crippen LogP contribution < -0.4 is 11.1 Å². The van der Waals surface area contributed by atoms with Gasteiger partial charge in [0.15, 0.2) is 0 Å². The van der Waals surface area contributed by atoms with Crippen molar-refractivity contribution in [2.24, 2.45) is 5.73 Å². The molecular weight excluding hydrogens is 210 g/mol. The van der Waals surface area contributed by atoms with Gasteiger partial charge in [0.2, 0.25) is 11.8 Å². The van der Waals surface area contributed by atoms with Crippen LogP contribution in [0.15, 0.2) is 0 Å². The van der Waals surface area contributed by atoms with Crippen LogP contribution >= 0.6 is 0 Å². The Morgan fingerprint density at radius 1 is 1.44 bits per heavy atom. The van der Waals surface area contributed by atoms with Crippen LogP contribution in [0.5, 0.6) is 0 Å². The first-order valence-corrected chi connectivity index (χ1v) is 5.40. The molecule has 0 radical (unpaired) electrons. The molecule has 0 atom stereocenters. The van der Waals surface area contributed by atoms with Gasteiger partial charge in [0.25, 0.3) is 0 Å². The summed E-state index contributed by atoms with van der Waals surface area (Å²) in [6.07, 6.45) is 0.878. The highest BCUT2D eigenvalue weighted by Crippen LogP contribution is 1.87. The largest absolute Gasteiger partial charge is 0.370 e. The predicted octanol–water partition coefficient (Wildman–Crippen LogP) is -1.05. The topological polar surface area (TPSA) is 84.7 Å². The summed E-state index contributed by atoms with van der Waals surface area (Å²) in [7, 11) is 1.57. The maximum Gasteiger partial charge on any atom is 0.248 e. The highest BCUT2D eigenvalue weighted by Gasteiger charge is 2.12. The van der Waals surface area contributed by atoms with Crippen molar-refractivity contribution in [3.63, 3.8) is 0 Å². The van der Waals surface area contributed by atoms with Crippen molar-refractivity contribution in [3.8, 4) is 0 Å². The second kappa shape index (κ2) is 9.11. The number of ether oxygens (including phenoxy) is 1. The fourth-order valence-electron chi connectivity index (χ4n) is 0.977. The zero-order valence-electron chi connectivity index (χ0n) is 9.99. The second-order valence-corrected chi connectivity index (χ2v) is 3.44. The number of nitrogens with zero attached hydrogens (tertiary/aromatic N) is 1. The number of rotatable bonds is 8. The van der Waals surface area contributed by atoms with Gasteiger partial charge in [-0.1, -0.05) is 6.92 Å². The fourth-order valence-corrected chi connectivity index (χ4v) is 0.977. The molecule has 0 spiro atoms. The highest BCUT2D eigenvalue weighted by atomic mass is 16.5. The Hall–Kier alpha value is -1.14. The molecule has 0 aliphatic rings. The molecule has 0 aromatic heterocycles. The molecule has 16 heavy (non-hydrogen) atoms. The third-order valence-electron chi connectivity index (χ3n) is 1.87. The first kappa shape index (κ1) is 14.9. The molecule has 0 aromatic rings. The fraction of sp³-hybridized carbons (Fsp3) is 0.800. The van der Waals surface area contributed by atoms with Gasteiger partial charge in [0.1, 0.15) is 6.61 Å². The SMILES string of the molecule is CCCNC(=O)CN(C)C(=O)COCCN. The van der Waals surface area contributed by atoms with Crippen LogP contribution in [-0.2, 0) is 14.3 Å². The van der Waals surface area contributed by atoms with E-state index >= 15 is 0 Å². The smallest absolute Gasteiger partial charge is 0.248 e. The van der Waals surface area contributed by atoms with Crippen LogP contribution in [0.2, 0.25) is 0 Å². The minimum absolute atomic E-state index is 0.0330. The Morgan fingerprint density at radius 3 is 2.69 bits per heavy atom. The molecule has 0 rings (SSSR count). The van der Waals surface area contributed by atoms with Gasteiger partial charge in [-0.2, -0.15) is 0 Å². The Labute approximate surface area is 96.1 Å². The van der Waals surface area contributed by atoms with Gasteiger partial charge in [-0.05, 0) is 6.42 Å². The molecular formula is C10H21N3O3. The molecule has 0 aliphatic heterocycles. The molecule has 94 valence electrons. The summed E-state index contributed by atoms with van der Waals surface area (Å²) in [5, 5.41) is 2.69. The lowest BCUT2D eigenvalue weighted by atomic mass is 10.4. The van der Waals surface area contributed by atoms with Gasteiger partial charge in [-0.25, -0.2) is 0 Å². The minimum Gasteiger partial charge on any atom is -0.370 e. The van der Waals surface area contributed by atoms with E-state index < -0.39 is 0 Å². The Balaban J connectivity index is 3.73. The lowest BCUT2D eigenvalue weighted by Gasteiger charge is -2.16. The van der Waals surface area contributed by atoms with Crippen LogP contribution in [-0.4, -0.2) is 56.6 Å². The van der Waals surface area contributed by atoms with Gasteiger partial charge in [-0.3, -0.25) is 9.59 Å². The van der Waals surface area contributed by atoms with Crippen LogP contribution in [0, 0.1) is 0 Å². The Kier molecular flexibility index (Phi) is 8.46. The summed E-state index contributed by atoms with van der Waals surface area (Å²) in [5.41, 5.74) is 5.21. The summed E-state index contributed by atoms with van der Waals surface area (Å²) in [5.74, 6) is -0.378. The van der Waals surface area contributed by atoms with Gasteiger partial charge in [0, 0.05) is 20.1 Å². The molecule has 0 saturated heterocycles. The van der Waals surface area contributed by atoms with E-state index in [2.05, 4.69) is 5.32 Å². The van der Waals surface area contributed by atoms with Crippen molar-refractivity contribution in [2.75, 3.05) is 39.9 Å². The first-order valence-electron chi connectivity index (χ1n) is 5.40. The van der Waals surface area contributed by atoms with Gasteiger partial charge in [0.05, 0.1) is 13.2 Å². The van der Waals surface area contributed by atoms with Crippen LogP contribution in [0.3, 0.4) is 0 Å². The van der Waals surface area contributed by atoms with Crippen LogP contribution in [0.25, 0.3) is 0 Å². The number of carbonyl (C=O) groups is 2. The summed E-state index contributed by atoms with van der Waals surface area (Å²) in [6, 6.07) is 0. The van der Waals surface area contributed by atoms with E-state index in [1.807, 2.05) is 6.92 Å². The quantitative estimate of drug-likeness (QED) is 0.522. The molecule has 0 unspecified atom stereocenters. The monoisotopic (exact) mass is 231 g/mol. The average Bonchev–Trinajstić information content (AvgIpc) is 2.26. The molecule has 0 bridgehead atoms. The van der Waals surface area contributed by atoms with E-state index in [4.69, 9.17) is 10.5 Å². The van der Waals surface area contributed by atoms with E-state index in [-0.39, 0.29) is 25.0 Å². The second-order valence-electron chi connectivity index (χ2n) is 3.44. The van der Waals surface area contributed by atoms with E-state index in [9.17, 15) is 9.59 Å². The standard InChI is InChI=1S/C10H21N3O3/c1-3-5-12-9(14)7-13(2)10(15)8-16-6-4-11/h3-8,11H2,1-2H3,(H,12,14). The Morgan fingerprint density at radius 2 is 2.12 bits per heavy atom. The molecule has 0 fully saturated rings. The first-order chi connectivity index (χ1) is 7.61.